The first-order valence-electron chi connectivity index (χ1n) is 10.7. The number of furan rings is 1. The topological polar surface area (TPSA) is 88.1 Å². The van der Waals surface area contributed by atoms with Gasteiger partial charge in [-0.05, 0) is 55.3 Å². The number of carbonyl (C=O) groups is 1. The van der Waals surface area contributed by atoms with E-state index in [1.54, 1.807) is 30.0 Å². The summed E-state index contributed by atoms with van der Waals surface area (Å²) in [6.07, 6.45) is 5.29. The van der Waals surface area contributed by atoms with Crippen LogP contribution in [-0.2, 0) is 10.0 Å². The molecule has 170 valence electrons. The fraction of sp³-hybridized carbons (Fsp3) is 0.250. The number of imidazole rings is 1. The molecule has 1 saturated heterocycles. The molecule has 0 atom stereocenters. The first kappa shape index (κ1) is 21.4. The number of aryl methyl sites for hydroxylation is 2. The number of sulfonamides is 1. The minimum absolute atomic E-state index is 0.225. The number of hydrogen-bond donors (Lipinski definition) is 0. The molecule has 1 aliphatic rings. The Kier molecular flexibility index (Phi) is 5.30. The Hall–Kier alpha value is -3.43. The van der Waals surface area contributed by atoms with E-state index >= 15 is 0 Å². The Labute approximate surface area is 192 Å². The van der Waals surface area contributed by atoms with E-state index in [1.165, 1.54) is 10.6 Å². The number of piperazine rings is 1. The Morgan fingerprint density at radius 1 is 1.03 bits per heavy atom. The normalized spacial score (nSPS) is 15.3. The van der Waals surface area contributed by atoms with Crippen molar-refractivity contribution in [1.29, 1.82) is 0 Å². The molecule has 9 heteroatoms. The molecule has 4 aromatic rings. The van der Waals surface area contributed by atoms with Crippen molar-refractivity contribution in [3.05, 3.63) is 78.0 Å². The van der Waals surface area contributed by atoms with Crippen LogP contribution >= 0.6 is 0 Å². The van der Waals surface area contributed by atoms with Gasteiger partial charge in [-0.3, -0.25) is 4.79 Å². The van der Waals surface area contributed by atoms with Gasteiger partial charge < -0.3 is 13.7 Å². The quantitative estimate of drug-likeness (QED) is 0.462. The standard InChI is InChI=1S/C24H24N4O4S/c1-17-7-8-27-16-20(25-23(27)14-17)19-6-5-18(2)22(15-19)33(30,31)28-11-9-26(10-12-28)24(29)21-4-3-13-32-21/h3-8,13-16H,9-12H2,1-2H3. The second-order valence-electron chi connectivity index (χ2n) is 8.25. The van der Waals surface area contributed by atoms with E-state index in [0.717, 1.165) is 16.8 Å². The van der Waals surface area contributed by atoms with E-state index in [-0.39, 0.29) is 29.7 Å². The summed E-state index contributed by atoms with van der Waals surface area (Å²) in [5, 5.41) is 0. The molecule has 0 unspecified atom stereocenters. The van der Waals surface area contributed by atoms with Crippen molar-refractivity contribution in [3.63, 3.8) is 0 Å². The molecule has 33 heavy (non-hydrogen) atoms. The summed E-state index contributed by atoms with van der Waals surface area (Å²) < 4.78 is 35.5. The van der Waals surface area contributed by atoms with E-state index in [1.807, 2.05) is 48.0 Å². The number of fused-ring (bicyclic) bond motifs is 1. The van der Waals surface area contributed by atoms with Crippen LogP contribution in [0.1, 0.15) is 21.7 Å². The van der Waals surface area contributed by atoms with E-state index in [0.29, 0.717) is 24.3 Å². The van der Waals surface area contributed by atoms with E-state index in [4.69, 9.17) is 4.42 Å². The molecule has 0 N–H and O–H groups in total. The van der Waals surface area contributed by atoms with Gasteiger partial charge in [-0.15, -0.1) is 0 Å². The highest BCUT2D eigenvalue weighted by molar-refractivity contribution is 7.89. The van der Waals surface area contributed by atoms with Crippen LogP contribution in [0.4, 0.5) is 0 Å². The Bertz CT molecular complexity index is 1430. The number of pyridine rings is 1. The van der Waals surface area contributed by atoms with Crippen LogP contribution in [0.25, 0.3) is 16.9 Å². The van der Waals surface area contributed by atoms with Crippen LogP contribution in [0.3, 0.4) is 0 Å². The van der Waals surface area contributed by atoms with Gasteiger partial charge in [0.25, 0.3) is 5.91 Å². The SMILES string of the molecule is Cc1ccn2cc(-c3ccc(C)c(S(=O)(=O)N4CCN(C(=O)c5ccco5)CC4)c3)nc2c1. The molecule has 0 saturated carbocycles. The van der Waals surface area contributed by atoms with Crippen molar-refractivity contribution in [2.24, 2.45) is 0 Å². The van der Waals surface area contributed by atoms with Gasteiger partial charge in [0.2, 0.25) is 10.0 Å². The lowest BCUT2D eigenvalue weighted by molar-refractivity contribution is 0.0666. The highest BCUT2D eigenvalue weighted by Gasteiger charge is 2.32. The predicted octanol–water partition coefficient (Wildman–Crippen LogP) is 3.36. The van der Waals surface area contributed by atoms with Crippen molar-refractivity contribution in [3.8, 4) is 11.3 Å². The molecule has 1 aromatic carbocycles. The number of benzene rings is 1. The number of rotatable bonds is 4. The maximum absolute atomic E-state index is 13.5. The Morgan fingerprint density at radius 3 is 2.55 bits per heavy atom. The first-order chi connectivity index (χ1) is 15.8. The van der Waals surface area contributed by atoms with Gasteiger partial charge in [-0.2, -0.15) is 4.31 Å². The molecule has 0 radical (unpaired) electrons. The summed E-state index contributed by atoms with van der Waals surface area (Å²) in [6.45, 7) is 4.87. The zero-order valence-corrected chi connectivity index (χ0v) is 19.2. The van der Waals surface area contributed by atoms with Crippen molar-refractivity contribution >= 4 is 21.6 Å². The lowest BCUT2D eigenvalue weighted by Crippen LogP contribution is -2.50. The average molecular weight is 465 g/mol. The van der Waals surface area contributed by atoms with Gasteiger partial charge in [0.15, 0.2) is 5.76 Å². The van der Waals surface area contributed by atoms with E-state index in [9.17, 15) is 13.2 Å². The molecule has 1 amide bonds. The third kappa shape index (κ3) is 3.94. The molecule has 0 aliphatic carbocycles. The van der Waals surface area contributed by atoms with Crippen LogP contribution in [-0.4, -0.2) is 59.1 Å². The third-order valence-corrected chi connectivity index (χ3v) is 8.02. The predicted molar refractivity (Wildman–Crippen MR) is 123 cm³/mol. The Balaban J connectivity index is 1.39. The van der Waals surface area contributed by atoms with Crippen LogP contribution in [0.2, 0.25) is 0 Å². The number of hydrogen-bond acceptors (Lipinski definition) is 5. The second-order valence-corrected chi connectivity index (χ2v) is 10.2. The van der Waals surface area contributed by atoms with Crippen molar-refractivity contribution in [2.45, 2.75) is 18.7 Å². The minimum atomic E-state index is -3.73. The summed E-state index contributed by atoms with van der Waals surface area (Å²) in [5.41, 5.74) is 4.05. The molecule has 3 aromatic heterocycles. The molecular weight excluding hydrogens is 440 g/mol. The van der Waals surface area contributed by atoms with Gasteiger partial charge in [0.05, 0.1) is 16.9 Å². The van der Waals surface area contributed by atoms with Gasteiger partial charge in [-0.25, -0.2) is 13.4 Å². The first-order valence-corrected chi connectivity index (χ1v) is 12.2. The van der Waals surface area contributed by atoms with Crippen LogP contribution in [0, 0.1) is 13.8 Å². The highest BCUT2D eigenvalue weighted by Crippen LogP contribution is 2.28. The summed E-state index contributed by atoms with van der Waals surface area (Å²) in [7, 11) is -3.73. The van der Waals surface area contributed by atoms with Crippen LogP contribution in [0.5, 0.6) is 0 Å². The average Bonchev–Trinajstić information content (AvgIpc) is 3.49. The Morgan fingerprint density at radius 2 is 1.82 bits per heavy atom. The summed E-state index contributed by atoms with van der Waals surface area (Å²) in [4.78, 5) is 19.0. The fourth-order valence-electron chi connectivity index (χ4n) is 4.09. The monoisotopic (exact) mass is 464 g/mol. The molecule has 0 bridgehead atoms. The van der Waals surface area contributed by atoms with Gasteiger partial charge in [0.1, 0.15) is 5.65 Å². The molecule has 4 heterocycles. The van der Waals surface area contributed by atoms with E-state index in [2.05, 4.69) is 4.98 Å². The fourth-order valence-corrected chi connectivity index (χ4v) is 5.76. The van der Waals surface area contributed by atoms with E-state index < -0.39 is 10.0 Å². The summed E-state index contributed by atoms with van der Waals surface area (Å²) in [6, 6.07) is 12.7. The lowest BCUT2D eigenvalue weighted by atomic mass is 10.1. The van der Waals surface area contributed by atoms with Crippen molar-refractivity contribution in [1.82, 2.24) is 18.6 Å². The third-order valence-electron chi connectivity index (χ3n) is 5.98. The van der Waals surface area contributed by atoms with Crippen molar-refractivity contribution < 1.29 is 17.6 Å². The summed E-state index contributed by atoms with van der Waals surface area (Å²) >= 11 is 0. The van der Waals surface area contributed by atoms with Crippen LogP contribution in [0.15, 0.2) is 70.4 Å². The largest absolute Gasteiger partial charge is 0.459 e. The zero-order valence-electron chi connectivity index (χ0n) is 18.4. The van der Waals surface area contributed by atoms with Gasteiger partial charge in [-0.1, -0.05) is 12.1 Å². The number of aromatic nitrogens is 2. The molecule has 1 fully saturated rings. The number of nitrogens with zero attached hydrogens (tertiary/aromatic N) is 4. The van der Waals surface area contributed by atoms with Crippen molar-refractivity contribution in [2.75, 3.05) is 26.2 Å². The minimum Gasteiger partial charge on any atom is -0.459 e. The molecule has 5 rings (SSSR count). The lowest BCUT2D eigenvalue weighted by Gasteiger charge is -2.33. The smallest absolute Gasteiger partial charge is 0.289 e. The molecule has 1 aliphatic heterocycles. The second kappa shape index (κ2) is 8.17. The number of amides is 1. The zero-order chi connectivity index (χ0) is 23.2. The maximum Gasteiger partial charge on any atom is 0.289 e. The highest BCUT2D eigenvalue weighted by atomic mass is 32.2. The van der Waals surface area contributed by atoms with Gasteiger partial charge >= 0.3 is 0 Å². The number of carbonyl (C=O) groups excluding carboxylic acids is 1. The molecule has 0 spiro atoms. The molecule has 8 nitrogen and oxygen atoms in total. The maximum atomic E-state index is 13.5. The molecular formula is C24H24N4O4S. The van der Waals surface area contributed by atoms with Gasteiger partial charge in [0, 0.05) is 44.1 Å². The van der Waals surface area contributed by atoms with Crippen LogP contribution < -0.4 is 0 Å². The summed E-state index contributed by atoms with van der Waals surface area (Å²) in [5.74, 6) is 0.0369.